The molecule has 1 rings (SSSR count). The molecule has 0 unspecified atom stereocenters. The van der Waals surface area contributed by atoms with Gasteiger partial charge in [-0.2, -0.15) is 5.26 Å². The summed E-state index contributed by atoms with van der Waals surface area (Å²) in [5, 5.41) is 8.65. The predicted molar refractivity (Wildman–Crippen MR) is 60.9 cm³/mol. The molecule has 0 radical (unpaired) electrons. The van der Waals surface area contributed by atoms with Crippen molar-refractivity contribution in [2.75, 3.05) is 7.11 Å². The zero-order valence-corrected chi connectivity index (χ0v) is 8.94. The van der Waals surface area contributed by atoms with Gasteiger partial charge in [-0.1, -0.05) is 24.3 Å². The van der Waals surface area contributed by atoms with Gasteiger partial charge < -0.3 is 4.74 Å². The van der Waals surface area contributed by atoms with Gasteiger partial charge in [0.15, 0.2) is 0 Å². The van der Waals surface area contributed by atoms with Crippen LogP contribution >= 0.6 is 0 Å². The van der Waals surface area contributed by atoms with Crippen LogP contribution in [0.15, 0.2) is 47.8 Å². The van der Waals surface area contributed by atoms with E-state index in [0.717, 1.165) is 24.2 Å². The zero-order valence-electron chi connectivity index (χ0n) is 8.94. The predicted octanol–water partition coefficient (Wildman–Crippen LogP) is 3.26. The van der Waals surface area contributed by atoms with Crippen LogP contribution in [0, 0.1) is 11.3 Å². The Labute approximate surface area is 90.9 Å². The number of nitriles is 1. The highest BCUT2D eigenvalue weighted by molar-refractivity contribution is 5.29. The van der Waals surface area contributed by atoms with Gasteiger partial charge in [0, 0.05) is 0 Å². The molecule has 1 aliphatic carbocycles. The van der Waals surface area contributed by atoms with E-state index in [0.29, 0.717) is 6.42 Å². The Balaban J connectivity index is 2.82. The van der Waals surface area contributed by atoms with Crippen molar-refractivity contribution in [2.24, 2.45) is 0 Å². The quantitative estimate of drug-likeness (QED) is 0.687. The number of hydrogen-bond acceptors (Lipinski definition) is 2. The second-order valence-corrected chi connectivity index (χ2v) is 3.23. The first-order valence-electron chi connectivity index (χ1n) is 5.01. The highest BCUT2D eigenvalue weighted by Crippen LogP contribution is 2.10. The van der Waals surface area contributed by atoms with Crippen molar-refractivity contribution in [2.45, 2.75) is 19.3 Å². The lowest BCUT2D eigenvalue weighted by molar-refractivity contribution is 0.307. The third-order valence-electron chi connectivity index (χ3n) is 2.12. The van der Waals surface area contributed by atoms with Crippen molar-refractivity contribution in [1.29, 1.82) is 5.26 Å². The minimum atomic E-state index is 0.456. The van der Waals surface area contributed by atoms with E-state index < -0.39 is 0 Å². The smallest absolute Gasteiger partial charge is 0.118 e. The van der Waals surface area contributed by atoms with Crippen LogP contribution in [0.4, 0.5) is 0 Å². The fraction of sp³-hybridized carbons (Fsp3) is 0.308. The standard InChI is InChI=1S/C13H15NO/c1-15-13-7-5-3-2-4-6-12(8-9-13)10-11-14/h3,5-9H,2,4,10H2,1H3/b5-3+,9-8?,12-6+,13-7?. The van der Waals surface area contributed by atoms with Gasteiger partial charge in [0.05, 0.1) is 19.6 Å². The largest absolute Gasteiger partial charge is 0.497 e. The first-order chi connectivity index (χ1) is 7.36. The summed E-state index contributed by atoms with van der Waals surface area (Å²) in [7, 11) is 1.64. The van der Waals surface area contributed by atoms with E-state index in [-0.39, 0.29) is 0 Å². The van der Waals surface area contributed by atoms with E-state index in [1.54, 1.807) is 7.11 Å². The molecule has 0 amide bonds. The molecule has 0 aliphatic heterocycles. The van der Waals surface area contributed by atoms with E-state index in [2.05, 4.69) is 18.2 Å². The first kappa shape index (κ1) is 11.3. The van der Waals surface area contributed by atoms with Crippen molar-refractivity contribution in [3.63, 3.8) is 0 Å². The lowest BCUT2D eigenvalue weighted by Gasteiger charge is -2.01. The summed E-state index contributed by atoms with van der Waals surface area (Å²) < 4.78 is 5.16. The maximum Gasteiger partial charge on any atom is 0.118 e. The Morgan fingerprint density at radius 1 is 1.40 bits per heavy atom. The second kappa shape index (κ2) is 6.67. The van der Waals surface area contributed by atoms with Crippen LogP contribution in [-0.4, -0.2) is 7.11 Å². The molecular formula is C13H15NO. The molecule has 0 saturated heterocycles. The minimum absolute atomic E-state index is 0.456. The van der Waals surface area contributed by atoms with E-state index in [1.165, 1.54) is 0 Å². The molecule has 2 heteroatoms. The summed E-state index contributed by atoms with van der Waals surface area (Å²) in [4.78, 5) is 0. The van der Waals surface area contributed by atoms with Gasteiger partial charge in [-0.05, 0) is 30.6 Å². The van der Waals surface area contributed by atoms with Crippen molar-refractivity contribution in [3.8, 4) is 6.07 Å². The third-order valence-corrected chi connectivity index (χ3v) is 2.12. The summed E-state index contributed by atoms with van der Waals surface area (Å²) in [5.41, 5.74) is 1.05. The summed E-state index contributed by atoms with van der Waals surface area (Å²) in [6, 6.07) is 2.16. The Morgan fingerprint density at radius 3 is 3.00 bits per heavy atom. The monoisotopic (exact) mass is 201 g/mol. The van der Waals surface area contributed by atoms with Gasteiger partial charge in [0.25, 0.3) is 0 Å². The van der Waals surface area contributed by atoms with E-state index >= 15 is 0 Å². The molecule has 0 saturated carbocycles. The Kier molecular flexibility index (Phi) is 5.03. The normalized spacial score (nSPS) is 21.9. The molecule has 0 fully saturated rings. The maximum atomic E-state index is 8.65. The van der Waals surface area contributed by atoms with E-state index in [9.17, 15) is 0 Å². The van der Waals surface area contributed by atoms with Gasteiger partial charge >= 0.3 is 0 Å². The van der Waals surface area contributed by atoms with Gasteiger partial charge in [-0.15, -0.1) is 0 Å². The van der Waals surface area contributed by atoms with Crippen LogP contribution in [0.1, 0.15) is 19.3 Å². The van der Waals surface area contributed by atoms with Crippen molar-refractivity contribution >= 4 is 0 Å². The van der Waals surface area contributed by atoms with E-state index in [1.807, 2.05) is 24.3 Å². The molecule has 0 atom stereocenters. The van der Waals surface area contributed by atoms with Crippen LogP contribution in [0.25, 0.3) is 0 Å². The third kappa shape index (κ3) is 4.33. The Morgan fingerprint density at radius 2 is 2.27 bits per heavy atom. The van der Waals surface area contributed by atoms with Gasteiger partial charge in [-0.3, -0.25) is 0 Å². The van der Waals surface area contributed by atoms with Crippen LogP contribution in [0.3, 0.4) is 0 Å². The first-order valence-corrected chi connectivity index (χ1v) is 5.01. The molecule has 1 aliphatic rings. The van der Waals surface area contributed by atoms with Crippen molar-refractivity contribution in [3.05, 3.63) is 47.8 Å². The number of rotatable bonds is 2. The lowest BCUT2D eigenvalue weighted by atomic mass is 10.1. The molecule has 0 N–H and O–H groups in total. The maximum absolute atomic E-state index is 8.65. The van der Waals surface area contributed by atoms with Gasteiger partial charge in [-0.25, -0.2) is 0 Å². The molecule has 78 valence electrons. The second-order valence-electron chi connectivity index (χ2n) is 3.23. The molecule has 0 spiro atoms. The number of nitrogens with zero attached hydrogens (tertiary/aromatic N) is 1. The zero-order chi connectivity index (χ0) is 10.9. The number of allylic oxidation sites excluding steroid dienone is 7. The lowest BCUT2D eigenvalue weighted by Crippen LogP contribution is -1.84. The van der Waals surface area contributed by atoms with Gasteiger partial charge in [0.1, 0.15) is 5.76 Å². The Bertz CT molecular complexity index is 353. The molecule has 0 heterocycles. The summed E-state index contributed by atoms with van der Waals surface area (Å²) in [6.45, 7) is 0. The number of hydrogen-bond donors (Lipinski definition) is 0. The van der Waals surface area contributed by atoms with E-state index in [4.69, 9.17) is 10.00 Å². The summed E-state index contributed by atoms with van der Waals surface area (Å²) in [5.74, 6) is 0.803. The van der Waals surface area contributed by atoms with Crippen LogP contribution in [-0.2, 0) is 4.74 Å². The molecule has 2 nitrogen and oxygen atoms in total. The van der Waals surface area contributed by atoms with Crippen molar-refractivity contribution < 1.29 is 4.74 Å². The molecule has 0 bridgehead atoms. The average molecular weight is 201 g/mol. The highest BCUT2D eigenvalue weighted by Gasteiger charge is 1.94. The number of methoxy groups -OCH3 is 1. The summed E-state index contributed by atoms with van der Waals surface area (Å²) in [6.07, 6.45) is 14.4. The number of ether oxygens (including phenoxy) is 1. The fourth-order valence-corrected chi connectivity index (χ4v) is 1.30. The molecule has 15 heavy (non-hydrogen) atoms. The van der Waals surface area contributed by atoms with Crippen molar-refractivity contribution in [1.82, 2.24) is 0 Å². The Hall–Kier alpha value is -1.75. The van der Waals surface area contributed by atoms with Crippen LogP contribution in [0.2, 0.25) is 0 Å². The SMILES string of the molecule is COC1=C/C=C/CC/C=C(/CC#N)C=C1. The molecular weight excluding hydrogens is 186 g/mol. The summed E-state index contributed by atoms with van der Waals surface area (Å²) >= 11 is 0. The van der Waals surface area contributed by atoms with Crippen LogP contribution < -0.4 is 0 Å². The molecule has 0 aromatic carbocycles. The molecule has 0 aromatic heterocycles. The molecule has 0 aromatic rings. The topological polar surface area (TPSA) is 33.0 Å². The minimum Gasteiger partial charge on any atom is -0.497 e. The highest BCUT2D eigenvalue weighted by atomic mass is 16.5. The van der Waals surface area contributed by atoms with Gasteiger partial charge in [0.2, 0.25) is 0 Å². The fourth-order valence-electron chi connectivity index (χ4n) is 1.30. The average Bonchev–Trinajstić information content (AvgIpc) is 2.27. The van der Waals surface area contributed by atoms with Crippen LogP contribution in [0.5, 0.6) is 0 Å².